The van der Waals surface area contributed by atoms with Gasteiger partial charge in [0.15, 0.2) is 0 Å². The van der Waals surface area contributed by atoms with Gasteiger partial charge in [-0.2, -0.15) is 0 Å². The highest BCUT2D eigenvalue weighted by molar-refractivity contribution is 7.92. The summed E-state index contributed by atoms with van der Waals surface area (Å²) in [5, 5.41) is 0. The van der Waals surface area contributed by atoms with E-state index < -0.39 is 10.0 Å². The predicted molar refractivity (Wildman–Crippen MR) is 83.4 cm³/mol. The third-order valence-electron chi connectivity index (χ3n) is 3.27. The third-order valence-corrected chi connectivity index (χ3v) is 4.41. The molecule has 2 aromatic rings. The van der Waals surface area contributed by atoms with Crippen molar-refractivity contribution in [2.75, 3.05) is 10.6 Å². The maximum absolute atomic E-state index is 12.1. The van der Waals surface area contributed by atoms with E-state index in [4.69, 9.17) is 0 Å². The lowest BCUT2D eigenvalue weighted by molar-refractivity contribution is 0.596. The molecule has 0 N–H and O–H groups in total. The number of nitrogens with zero attached hydrogens (tertiary/aromatic N) is 1. The smallest absolute Gasteiger partial charge is 0.232 e. The van der Waals surface area contributed by atoms with Crippen LogP contribution < -0.4 is 4.31 Å². The van der Waals surface area contributed by atoms with Crippen LogP contribution in [-0.2, 0) is 16.6 Å². The lowest BCUT2D eigenvalue weighted by Crippen LogP contribution is -2.29. The van der Waals surface area contributed by atoms with Crippen LogP contribution in [0.2, 0.25) is 0 Å². The zero-order valence-corrected chi connectivity index (χ0v) is 12.8. The minimum absolute atomic E-state index is 0.356. The predicted octanol–water partition coefficient (Wildman–Crippen LogP) is 3.27. The second kappa shape index (κ2) is 5.67. The molecule has 0 aliphatic rings. The number of hydrogen-bond acceptors (Lipinski definition) is 2. The molecule has 20 heavy (non-hydrogen) atoms. The van der Waals surface area contributed by atoms with Crippen molar-refractivity contribution in [2.24, 2.45) is 0 Å². The van der Waals surface area contributed by atoms with Gasteiger partial charge < -0.3 is 0 Å². The molecule has 0 aliphatic carbocycles. The van der Waals surface area contributed by atoms with E-state index in [0.29, 0.717) is 12.2 Å². The molecule has 0 spiro atoms. The van der Waals surface area contributed by atoms with E-state index in [1.807, 2.05) is 62.4 Å². The minimum Gasteiger partial charge on any atom is -0.266 e. The van der Waals surface area contributed by atoms with Crippen molar-refractivity contribution in [2.45, 2.75) is 20.4 Å². The van der Waals surface area contributed by atoms with Crippen molar-refractivity contribution >= 4 is 15.7 Å². The Morgan fingerprint density at radius 1 is 1.00 bits per heavy atom. The average molecular weight is 289 g/mol. The molecule has 0 radical (unpaired) electrons. The molecule has 0 heterocycles. The van der Waals surface area contributed by atoms with Crippen LogP contribution >= 0.6 is 0 Å². The van der Waals surface area contributed by atoms with Crippen molar-refractivity contribution in [1.82, 2.24) is 0 Å². The summed E-state index contributed by atoms with van der Waals surface area (Å²) >= 11 is 0. The summed E-state index contributed by atoms with van der Waals surface area (Å²) in [5.41, 5.74) is 3.85. The normalized spacial score (nSPS) is 11.3. The van der Waals surface area contributed by atoms with Crippen LogP contribution in [-0.4, -0.2) is 14.7 Å². The second-order valence-electron chi connectivity index (χ2n) is 5.04. The van der Waals surface area contributed by atoms with Crippen LogP contribution in [0, 0.1) is 13.8 Å². The molecule has 0 saturated carbocycles. The van der Waals surface area contributed by atoms with Crippen molar-refractivity contribution < 1.29 is 8.42 Å². The highest BCUT2D eigenvalue weighted by Crippen LogP contribution is 2.22. The molecule has 0 amide bonds. The first-order valence-electron chi connectivity index (χ1n) is 6.47. The molecule has 2 rings (SSSR count). The average Bonchev–Trinajstić information content (AvgIpc) is 2.36. The molecule has 3 nitrogen and oxygen atoms in total. The van der Waals surface area contributed by atoms with Gasteiger partial charge in [0.25, 0.3) is 0 Å². The lowest BCUT2D eigenvalue weighted by Gasteiger charge is -2.23. The zero-order valence-electron chi connectivity index (χ0n) is 12.0. The molecule has 0 aromatic heterocycles. The van der Waals surface area contributed by atoms with Gasteiger partial charge in [-0.05, 0) is 42.7 Å². The third kappa shape index (κ3) is 3.39. The molecule has 0 fully saturated rings. The Bertz CT molecular complexity index is 708. The van der Waals surface area contributed by atoms with E-state index in [-0.39, 0.29) is 0 Å². The van der Waals surface area contributed by atoms with Gasteiger partial charge in [-0.1, -0.05) is 36.4 Å². The molecule has 2 aromatic carbocycles. The number of rotatable bonds is 4. The van der Waals surface area contributed by atoms with E-state index in [0.717, 1.165) is 16.7 Å². The first kappa shape index (κ1) is 14.6. The monoisotopic (exact) mass is 289 g/mol. The topological polar surface area (TPSA) is 37.4 Å². The summed E-state index contributed by atoms with van der Waals surface area (Å²) in [5.74, 6) is 0. The van der Waals surface area contributed by atoms with Gasteiger partial charge in [-0.3, -0.25) is 4.31 Å². The Hall–Kier alpha value is -1.81. The fraction of sp³-hybridized carbons (Fsp3) is 0.250. The fourth-order valence-electron chi connectivity index (χ4n) is 2.13. The Labute approximate surface area is 120 Å². The second-order valence-corrected chi connectivity index (χ2v) is 6.94. The molecule has 0 atom stereocenters. The summed E-state index contributed by atoms with van der Waals surface area (Å²) in [6, 6.07) is 15.4. The first-order valence-corrected chi connectivity index (χ1v) is 8.31. The van der Waals surface area contributed by atoms with Crippen LogP contribution in [0.25, 0.3) is 0 Å². The summed E-state index contributed by atoms with van der Waals surface area (Å²) in [4.78, 5) is 0. The van der Waals surface area contributed by atoms with Gasteiger partial charge in [0.05, 0.1) is 18.5 Å². The van der Waals surface area contributed by atoms with E-state index in [1.54, 1.807) is 0 Å². The fourth-order valence-corrected chi connectivity index (χ4v) is 3.00. The van der Waals surface area contributed by atoms with Gasteiger partial charge in [-0.15, -0.1) is 0 Å². The van der Waals surface area contributed by atoms with E-state index in [2.05, 4.69) is 0 Å². The van der Waals surface area contributed by atoms with Crippen molar-refractivity contribution in [3.8, 4) is 0 Å². The highest BCUT2D eigenvalue weighted by Gasteiger charge is 2.18. The summed E-state index contributed by atoms with van der Waals surface area (Å²) in [6.45, 7) is 4.30. The van der Waals surface area contributed by atoms with Gasteiger partial charge >= 0.3 is 0 Å². The van der Waals surface area contributed by atoms with Gasteiger partial charge in [0, 0.05) is 0 Å². The van der Waals surface area contributed by atoms with Crippen LogP contribution in [0.5, 0.6) is 0 Å². The molecule has 0 aliphatic heterocycles. The van der Waals surface area contributed by atoms with Gasteiger partial charge in [0.1, 0.15) is 0 Å². The number of hydrogen-bond donors (Lipinski definition) is 0. The Morgan fingerprint density at radius 2 is 1.70 bits per heavy atom. The molecule has 4 heteroatoms. The molecule has 0 unspecified atom stereocenters. The Morgan fingerprint density at radius 3 is 2.30 bits per heavy atom. The number of anilines is 1. The van der Waals surface area contributed by atoms with Crippen molar-refractivity contribution in [3.63, 3.8) is 0 Å². The number of sulfonamides is 1. The van der Waals surface area contributed by atoms with Crippen LogP contribution in [0.3, 0.4) is 0 Å². The Balaban J connectivity index is 2.43. The van der Waals surface area contributed by atoms with E-state index in [1.165, 1.54) is 10.6 Å². The number of aryl methyl sites for hydroxylation is 2. The van der Waals surface area contributed by atoms with Gasteiger partial charge in [-0.25, -0.2) is 8.42 Å². The molecular formula is C16H19NO2S. The Kier molecular flexibility index (Phi) is 4.14. The molecular weight excluding hydrogens is 270 g/mol. The van der Waals surface area contributed by atoms with E-state index >= 15 is 0 Å². The van der Waals surface area contributed by atoms with Crippen LogP contribution in [0.15, 0.2) is 48.5 Å². The highest BCUT2D eigenvalue weighted by atomic mass is 32.2. The SMILES string of the molecule is Cc1cccc(N(Cc2ccccc2C)S(C)(=O)=O)c1. The van der Waals surface area contributed by atoms with Gasteiger partial charge in [0.2, 0.25) is 10.0 Å². The molecule has 0 bridgehead atoms. The van der Waals surface area contributed by atoms with Crippen LogP contribution in [0.1, 0.15) is 16.7 Å². The maximum Gasteiger partial charge on any atom is 0.232 e. The van der Waals surface area contributed by atoms with Crippen molar-refractivity contribution in [1.29, 1.82) is 0 Å². The molecule has 106 valence electrons. The van der Waals surface area contributed by atoms with Crippen LogP contribution in [0.4, 0.5) is 5.69 Å². The molecule has 0 saturated heterocycles. The lowest BCUT2D eigenvalue weighted by atomic mass is 10.1. The van der Waals surface area contributed by atoms with Crippen molar-refractivity contribution in [3.05, 3.63) is 65.2 Å². The standard InChI is InChI=1S/C16H19NO2S/c1-13-7-6-10-16(11-13)17(20(3,18)19)12-15-9-5-4-8-14(15)2/h4-11H,12H2,1-3H3. The summed E-state index contributed by atoms with van der Waals surface area (Å²) in [7, 11) is -3.32. The first-order chi connectivity index (χ1) is 9.38. The maximum atomic E-state index is 12.1. The quantitative estimate of drug-likeness (QED) is 0.866. The minimum atomic E-state index is -3.32. The zero-order chi connectivity index (χ0) is 14.8. The number of benzene rings is 2. The summed E-state index contributed by atoms with van der Waals surface area (Å²) < 4.78 is 25.6. The summed E-state index contributed by atoms with van der Waals surface area (Å²) in [6.07, 6.45) is 1.24. The largest absolute Gasteiger partial charge is 0.266 e. The van der Waals surface area contributed by atoms with E-state index in [9.17, 15) is 8.42 Å².